The Labute approximate surface area is 201 Å². The maximum absolute atomic E-state index is 13.8. The van der Waals surface area contributed by atoms with Crippen LogP contribution in [0, 0.1) is 46.2 Å². The molecular weight excluding hydrogens is 429 g/mol. The van der Waals surface area contributed by atoms with Crippen LogP contribution in [0.4, 0.5) is 4.39 Å². The van der Waals surface area contributed by atoms with Gasteiger partial charge in [-0.1, -0.05) is 19.1 Å². The highest BCUT2D eigenvalue weighted by molar-refractivity contribution is 5.84. The zero-order chi connectivity index (χ0) is 23.9. The van der Waals surface area contributed by atoms with Crippen molar-refractivity contribution < 1.29 is 14.3 Å². The van der Waals surface area contributed by atoms with Gasteiger partial charge in [-0.25, -0.2) is 9.07 Å². The van der Waals surface area contributed by atoms with Gasteiger partial charge in [-0.15, -0.1) is 5.10 Å². The Balaban J connectivity index is 1.22. The number of ketones is 1. The second kappa shape index (κ2) is 7.59. The van der Waals surface area contributed by atoms with E-state index >= 15 is 0 Å². The summed E-state index contributed by atoms with van der Waals surface area (Å²) in [5.74, 6) is 2.59. The Kier molecular flexibility index (Phi) is 5.05. The van der Waals surface area contributed by atoms with E-state index in [-0.39, 0.29) is 29.5 Å². The van der Waals surface area contributed by atoms with E-state index in [0.717, 1.165) is 44.4 Å². The molecule has 1 aromatic carbocycles. The average molecular weight is 468 g/mol. The number of halogens is 1. The van der Waals surface area contributed by atoms with Crippen LogP contribution in [0.15, 0.2) is 18.2 Å². The minimum Gasteiger partial charge on any atom is -0.390 e. The lowest BCUT2D eigenvalue weighted by atomic mass is 9.44. The third-order valence-corrected chi connectivity index (χ3v) is 11.1. The summed E-state index contributed by atoms with van der Waals surface area (Å²) in [6.45, 7) is 7.09. The maximum Gasteiger partial charge on any atom is 0.157 e. The number of carbonyl (C=O) groups is 1. The molecule has 6 heteroatoms. The number of Topliss-reactive ketones (excluding diaryl/α,β-unsaturated/α-hetero) is 1. The molecule has 4 aliphatic rings. The Morgan fingerprint density at radius 2 is 1.85 bits per heavy atom. The number of carbonyl (C=O) groups excluding carboxylic acids is 1. The minimum atomic E-state index is -0.500. The van der Waals surface area contributed by atoms with Crippen molar-refractivity contribution in [2.45, 2.75) is 90.7 Å². The van der Waals surface area contributed by atoms with Crippen LogP contribution in [0.1, 0.15) is 78.6 Å². The van der Waals surface area contributed by atoms with Gasteiger partial charge in [0.15, 0.2) is 5.78 Å². The first kappa shape index (κ1) is 22.6. The summed E-state index contributed by atoms with van der Waals surface area (Å²) in [5.41, 5.74) is 1.10. The number of aromatic nitrogens is 3. The quantitative estimate of drug-likeness (QED) is 0.643. The smallest absolute Gasteiger partial charge is 0.157 e. The molecule has 4 saturated carbocycles. The van der Waals surface area contributed by atoms with Gasteiger partial charge in [0, 0.05) is 12.0 Å². The van der Waals surface area contributed by atoms with Gasteiger partial charge in [-0.3, -0.25) is 4.79 Å². The summed E-state index contributed by atoms with van der Waals surface area (Å²) in [6, 6.07) is 4.43. The third kappa shape index (κ3) is 3.30. The van der Waals surface area contributed by atoms with Crippen LogP contribution in [0.3, 0.4) is 0 Å². The molecule has 0 aliphatic heterocycles. The molecule has 0 saturated heterocycles. The number of fused-ring (bicyclic) bond motifs is 6. The molecule has 1 heterocycles. The second-order valence-electron chi connectivity index (χ2n) is 12.9. The monoisotopic (exact) mass is 467 g/mol. The fraction of sp³-hybridized carbons (Fsp3) is 0.750. The summed E-state index contributed by atoms with van der Waals surface area (Å²) in [6.07, 6.45) is 9.87. The maximum atomic E-state index is 13.8. The molecule has 4 aliphatic carbocycles. The van der Waals surface area contributed by atoms with Gasteiger partial charge in [-0.05, 0) is 111 Å². The third-order valence-electron chi connectivity index (χ3n) is 11.1. The number of nitrogens with zero attached hydrogens (tertiary/aromatic N) is 3. The van der Waals surface area contributed by atoms with Crippen molar-refractivity contribution in [3.8, 4) is 0 Å². The number of benzene rings is 1. The van der Waals surface area contributed by atoms with E-state index < -0.39 is 5.60 Å². The first-order valence-corrected chi connectivity index (χ1v) is 13.3. The van der Waals surface area contributed by atoms with Crippen molar-refractivity contribution in [2.75, 3.05) is 0 Å². The number of hydrogen-bond donors (Lipinski definition) is 1. The van der Waals surface area contributed by atoms with Crippen molar-refractivity contribution >= 4 is 16.8 Å². The van der Waals surface area contributed by atoms with E-state index in [4.69, 9.17) is 0 Å². The van der Waals surface area contributed by atoms with Crippen LogP contribution in [-0.4, -0.2) is 31.5 Å². The predicted molar refractivity (Wildman–Crippen MR) is 128 cm³/mol. The van der Waals surface area contributed by atoms with Gasteiger partial charge in [0.1, 0.15) is 17.9 Å². The van der Waals surface area contributed by atoms with Gasteiger partial charge in [0.05, 0.1) is 11.1 Å². The second-order valence-corrected chi connectivity index (χ2v) is 12.9. The van der Waals surface area contributed by atoms with Gasteiger partial charge in [0.2, 0.25) is 0 Å². The lowest BCUT2D eigenvalue weighted by Crippen LogP contribution is -2.55. The first-order valence-electron chi connectivity index (χ1n) is 13.3. The number of aliphatic hydroxyl groups is 1. The number of hydrogen-bond acceptors (Lipinski definition) is 4. The summed E-state index contributed by atoms with van der Waals surface area (Å²) >= 11 is 0. The topological polar surface area (TPSA) is 68.0 Å². The Morgan fingerprint density at radius 3 is 2.68 bits per heavy atom. The standard InChI is InChI=1S/C28H38FN3O2/c1-26(34)12-13-27(2)17(15-26)4-6-19-20-7-8-22(28(20,3)11-10-21(19)27)25(33)16-32-24-14-18(29)5-9-23(24)30-31-32/h5,9,14,17,19-22,34H,4,6-8,10-13,15-16H2,1-3H3/t17-,19-,20-,21-,22+,26+,27-,28-/m0/s1. The van der Waals surface area contributed by atoms with E-state index in [9.17, 15) is 14.3 Å². The highest BCUT2D eigenvalue weighted by Gasteiger charge is 2.61. The van der Waals surface area contributed by atoms with Crippen LogP contribution in [0.5, 0.6) is 0 Å². The van der Waals surface area contributed by atoms with E-state index in [1.807, 2.05) is 6.92 Å². The molecule has 2 aromatic rings. The Bertz CT molecular complexity index is 1130. The highest BCUT2D eigenvalue weighted by Crippen LogP contribution is 2.68. The summed E-state index contributed by atoms with van der Waals surface area (Å²) < 4.78 is 15.4. The zero-order valence-electron chi connectivity index (χ0n) is 20.8. The normalized spacial score (nSPS) is 43.9. The van der Waals surface area contributed by atoms with Crippen LogP contribution in [0.2, 0.25) is 0 Å². The van der Waals surface area contributed by atoms with E-state index in [2.05, 4.69) is 24.2 Å². The van der Waals surface area contributed by atoms with E-state index in [1.54, 1.807) is 10.7 Å². The summed E-state index contributed by atoms with van der Waals surface area (Å²) in [4.78, 5) is 13.6. The Hall–Kier alpha value is -1.82. The van der Waals surface area contributed by atoms with E-state index in [0.29, 0.717) is 34.2 Å². The first-order chi connectivity index (χ1) is 16.1. The van der Waals surface area contributed by atoms with Crippen molar-refractivity contribution in [1.82, 2.24) is 15.0 Å². The van der Waals surface area contributed by atoms with Crippen molar-refractivity contribution in [3.05, 3.63) is 24.0 Å². The molecule has 0 bridgehead atoms. The minimum absolute atomic E-state index is 0.0449. The van der Waals surface area contributed by atoms with Crippen LogP contribution in [0.25, 0.3) is 11.0 Å². The summed E-state index contributed by atoms with van der Waals surface area (Å²) in [7, 11) is 0. The van der Waals surface area contributed by atoms with Crippen LogP contribution < -0.4 is 0 Å². The molecule has 5 nitrogen and oxygen atoms in total. The largest absolute Gasteiger partial charge is 0.390 e. The molecule has 184 valence electrons. The summed E-state index contributed by atoms with van der Waals surface area (Å²) in [5, 5.41) is 19.0. The predicted octanol–water partition coefficient (Wildman–Crippen LogP) is 5.55. The number of rotatable bonds is 3. The molecule has 0 spiro atoms. The fourth-order valence-electron chi connectivity index (χ4n) is 9.27. The van der Waals surface area contributed by atoms with Gasteiger partial charge >= 0.3 is 0 Å². The fourth-order valence-corrected chi connectivity index (χ4v) is 9.27. The molecule has 6 rings (SSSR count). The highest BCUT2D eigenvalue weighted by atomic mass is 19.1. The molecule has 34 heavy (non-hydrogen) atoms. The van der Waals surface area contributed by atoms with Crippen molar-refractivity contribution in [3.63, 3.8) is 0 Å². The average Bonchev–Trinajstić information content (AvgIpc) is 3.34. The van der Waals surface area contributed by atoms with Crippen molar-refractivity contribution in [1.29, 1.82) is 0 Å². The van der Waals surface area contributed by atoms with Gasteiger partial charge in [0.25, 0.3) is 0 Å². The van der Waals surface area contributed by atoms with Gasteiger partial charge < -0.3 is 5.11 Å². The van der Waals surface area contributed by atoms with Crippen LogP contribution in [-0.2, 0) is 11.3 Å². The molecule has 1 aromatic heterocycles. The lowest BCUT2D eigenvalue weighted by Gasteiger charge is -2.61. The molecule has 0 amide bonds. The molecule has 0 unspecified atom stereocenters. The van der Waals surface area contributed by atoms with E-state index in [1.165, 1.54) is 31.4 Å². The van der Waals surface area contributed by atoms with Crippen molar-refractivity contribution in [2.24, 2.45) is 40.4 Å². The molecule has 8 atom stereocenters. The molecule has 0 radical (unpaired) electrons. The SMILES string of the molecule is C[C@@]1(O)CC[C@@]2(C)[C@@H](CC[C@@H]3[C@@H]2CC[C@]2(C)[C@@H](C(=O)Cn4nnc5ccc(F)cc54)CC[C@@H]32)C1. The lowest BCUT2D eigenvalue weighted by molar-refractivity contribution is -0.151. The zero-order valence-corrected chi connectivity index (χ0v) is 20.8. The van der Waals surface area contributed by atoms with Crippen LogP contribution >= 0.6 is 0 Å². The molecule has 1 N–H and O–H groups in total. The Morgan fingerprint density at radius 1 is 1.06 bits per heavy atom. The molecule has 4 fully saturated rings. The van der Waals surface area contributed by atoms with Gasteiger partial charge in [-0.2, -0.15) is 0 Å². The molecular formula is C28H38FN3O2.